The van der Waals surface area contributed by atoms with Crippen LogP contribution in [0, 0.1) is 6.92 Å². The molecule has 5 heteroatoms. The standard InChI is InChI=1S/C14H17N3O2/c1-4-10-5-6-11(12(8-10)18-3)19-13-7-9(2)16-14(15)17-13/h5-8H,4H2,1-3H3,(H2,15,16,17). The summed E-state index contributed by atoms with van der Waals surface area (Å²) in [6.45, 7) is 3.92. The van der Waals surface area contributed by atoms with Gasteiger partial charge in [0.15, 0.2) is 11.5 Å². The number of rotatable bonds is 4. The van der Waals surface area contributed by atoms with Crippen molar-refractivity contribution < 1.29 is 9.47 Å². The van der Waals surface area contributed by atoms with Crippen LogP contribution in [-0.4, -0.2) is 17.1 Å². The van der Waals surface area contributed by atoms with Crippen LogP contribution < -0.4 is 15.2 Å². The lowest BCUT2D eigenvalue weighted by Gasteiger charge is -2.11. The molecule has 0 saturated heterocycles. The van der Waals surface area contributed by atoms with Gasteiger partial charge in [-0.2, -0.15) is 4.98 Å². The zero-order valence-corrected chi connectivity index (χ0v) is 11.3. The minimum Gasteiger partial charge on any atom is -0.493 e. The Balaban J connectivity index is 2.32. The van der Waals surface area contributed by atoms with E-state index in [0.717, 1.165) is 12.1 Å². The van der Waals surface area contributed by atoms with Gasteiger partial charge in [0.05, 0.1) is 7.11 Å². The monoisotopic (exact) mass is 259 g/mol. The predicted octanol–water partition coefficient (Wildman–Crippen LogP) is 2.73. The number of anilines is 1. The van der Waals surface area contributed by atoms with E-state index >= 15 is 0 Å². The molecular weight excluding hydrogens is 242 g/mol. The average molecular weight is 259 g/mol. The summed E-state index contributed by atoms with van der Waals surface area (Å²) in [6, 6.07) is 7.54. The SMILES string of the molecule is CCc1ccc(Oc2cc(C)nc(N)n2)c(OC)c1. The number of hydrogen-bond donors (Lipinski definition) is 1. The normalized spacial score (nSPS) is 10.3. The molecule has 0 aliphatic rings. The maximum Gasteiger partial charge on any atom is 0.224 e. The van der Waals surface area contributed by atoms with Crippen LogP contribution in [0.15, 0.2) is 24.3 Å². The van der Waals surface area contributed by atoms with Gasteiger partial charge in [0.1, 0.15) is 0 Å². The first-order valence-corrected chi connectivity index (χ1v) is 6.08. The predicted molar refractivity (Wildman–Crippen MR) is 73.6 cm³/mol. The van der Waals surface area contributed by atoms with Gasteiger partial charge in [0.2, 0.25) is 11.8 Å². The fraction of sp³-hybridized carbons (Fsp3) is 0.286. The number of benzene rings is 1. The van der Waals surface area contributed by atoms with Gasteiger partial charge < -0.3 is 15.2 Å². The van der Waals surface area contributed by atoms with E-state index in [4.69, 9.17) is 15.2 Å². The van der Waals surface area contributed by atoms with Gasteiger partial charge in [-0.05, 0) is 31.0 Å². The highest BCUT2D eigenvalue weighted by Crippen LogP contribution is 2.32. The van der Waals surface area contributed by atoms with Gasteiger partial charge in [-0.1, -0.05) is 13.0 Å². The molecule has 19 heavy (non-hydrogen) atoms. The highest BCUT2D eigenvalue weighted by atomic mass is 16.5. The Hall–Kier alpha value is -2.30. The summed E-state index contributed by atoms with van der Waals surface area (Å²) in [4.78, 5) is 8.04. The summed E-state index contributed by atoms with van der Waals surface area (Å²) in [5.41, 5.74) is 7.53. The number of nitrogens with two attached hydrogens (primary N) is 1. The van der Waals surface area contributed by atoms with E-state index in [1.807, 2.05) is 25.1 Å². The summed E-state index contributed by atoms with van der Waals surface area (Å²) in [5.74, 6) is 1.89. The highest BCUT2D eigenvalue weighted by molar-refractivity contribution is 5.45. The molecule has 2 rings (SSSR count). The average Bonchev–Trinajstić information content (AvgIpc) is 2.38. The number of hydrogen-bond acceptors (Lipinski definition) is 5. The van der Waals surface area contributed by atoms with Gasteiger partial charge in [-0.3, -0.25) is 0 Å². The molecule has 0 saturated carbocycles. The van der Waals surface area contributed by atoms with E-state index in [1.165, 1.54) is 5.56 Å². The van der Waals surface area contributed by atoms with Crippen molar-refractivity contribution in [1.82, 2.24) is 9.97 Å². The van der Waals surface area contributed by atoms with Crippen molar-refractivity contribution in [3.63, 3.8) is 0 Å². The van der Waals surface area contributed by atoms with E-state index in [1.54, 1.807) is 13.2 Å². The molecular formula is C14H17N3O2. The quantitative estimate of drug-likeness (QED) is 0.914. The number of aryl methyl sites for hydroxylation is 2. The molecule has 0 spiro atoms. The fourth-order valence-electron chi connectivity index (χ4n) is 1.74. The Morgan fingerprint density at radius 3 is 2.58 bits per heavy atom. The number of ether oxygens (including phenoxy) is 2. The van der Waals surface area contributed by atoms with Crippen LogP contribution in [0.4, 0.5) is 5.95 Å². The molecule has 0 atom stereocenters. The number of nitrogens with zero attached hydrogens (tertiary/aromatic N) is 2. The number of nitrogen functional groups attached to an aromatic ring is 1. The van der Waals surface area contributed by atoms with Gasteiger partial charge in [-0.15, -0.1) is 0 Å². The fourth-order valence-corrected chi connectivity index (χ4v) is 1.74. The van der Waals surface area contributed by atoms with E-state index in [2.05, 4.69) is 16.9 Å². The van der Waals surface area contributed by atoms with Crippen molar-refractivity contribution in [2.24, 2.45) is 0 Å². The second kappa shape index (κ2) is 5.56. The van der Waals surface area contributed by atoms with E-state index in [0.29, 0.717) is 17.4 Å². The van der Waals surface area contributed by atoms with Crippen LogP contribution in [0.1, 0.15) is 18.2 Å². The maximum absolute atomic E-state index is 5.71. The summed E-state index contributed by atoms with van der Waals surface area (Å²) < 4.78 is 11.0. The minimum absolute atomic E-state index is 0.194. The van der Waals surface area contributed by atoms with Crippen molar-refractivity contribution in [2.45, 2.75) is 20.3 Å². The molecule has 0 amide bonds. The van der Waals surface area contributed by atoms with Crippen LogP contribution >= 0.6 is 0 Å². The Morgan fingerprint density at radius 2 is 1.95 bits per heavy atom. The molecule has 5 nitrogen and oxygen atoms in total. The van der Waals surface area contributed by atoms with Gasteiger partial charge in [0, 0.05) is 11.8 Å². The van der Waals surface area contributed by atoms with Crippen molar-refractivity contribution in [1.29, 1.82) is 0 Å². The Morgan fingerprint density at radius 1 is 1.16 bits per heavy atom. The lowest BCUT2D eigenvalue weighted by molar-refractivity contribution is 0.373. The Kier molecular flexibility index (Phi) is 3.85. The number of aromatic nitrogens is 2. The smallest absolute Gasteiger partial charge is 0.224 e. The van der Waals surface area contributed by atoms with Crippen LogP contribution in [0.25, 0.3) is 0 Å². The van der Waals surface area contributed by atoms with Crippen LogP contribution in [-0.2, 0) is 6.42 Å². The van der Waals surface area contributed by atoms with Gasteiger partial charge >= 0.3 is 0 Å². The molecule has 0 aliphatic carbocycles. The molecule has 0 bridgehead atoms. The highest BCUT2D eigenvalue weighted by Gasteiger charge is 2.08. The molecule has 2 aromatic rings. The summed E-state index contributed by atoms with van der Waals surface area (Å²) in [5, 5.41) is 0. The molecule has 1 aromatic heterocycles. The minimum atomic E-state index is 0.194. The van der Waals surface area contributed by atoms with E-state index in [9.17, 15) is 0 Å². The third kappa shape index (κ3) is 3.13. The zero-order chi connectivity index (χ0) is 13.8. The Bertz CT molecular complexity index is 565. The van der Waals surface area contributed by atoms with Crippen LogP contribution in [0.2, 0.25) is 0 Å². The summed E-state index contributed by atoms with van der Waals surface area (Å²) in [6.07, 6.45) is 0.941. The molecule has 0 aliphatic heterocycles. The van der Waals surface area contributed by atoms with E-state index < -0.39 is 0 Å². The molecule has 0 unspecified atom stereocenters. The first-order valence-electron chi connectivity index (χ1n) is 6.08. The Labute approximate surface area is 112 Å². The zero-order valence-electron chi connectivity index (χ0n) is 11.3. The second-order valence-electron chi connectivity index (χ2n) is 4.15. The topological polar surface area (TPSA) is 70.3 Å². The lowest BCUT2D eigenvalue weighted by Crippen LogP contribution is -1.99. The molecule has 2 N–H and O–H groups in total. The third-order valence-corrected chi connectivity index (χ3v) is 2.70. The molecule has 0 radical (unpaired) electrons. The summed E-state index contributed by atoms with van der Waals surface area (Å²) in [7, 11) is 1.61. The third-order valence-electron chi connectivity index (χ3n) is 2.70. The largest absolute Gasteiger partial charge is 0.493 e. The first-order chi connectivity index (χ1) is 9.12. The molecule has 1 heterocycles. The molecule has 100 valence electrons. The first kappa shape index (κ1) is 13.1. The van der Waals surface area contributed by atoms with Crippen molar-refractivity contribution in [3.8, 4) is 17.4 Å². The van der Waals surface area contributed by atoms with Crippen LogP contribution in [0.3, 0.4) is 0 Å². The van der Waals surface area contributed by atoms with E-state index in [-0.39, 0.29) is 5.95 Å². The lowest BCUT2D eigenvalue weighted by atomic mass is 10.1. The van der Waals surface area contributed by atoms with Crippen molar-refractivity contribution >= 4 is 5.95 Å². The van der Waals surface area contributed by atoms with Crippen molar-refractivity contribution in [2.75, 3.05) is 12.8 Å². The number of methoxy groups -OCH3 is 1. The van der Waals surface area contributed by atoms with Crippen molar-refractivity contribution in [3.05, 3.63) is 35.5 Å². The molecule has 0 fully saturated rings. The molecule has 1 aromatic carbocycles. The van der Waals surface area contributed by atoms with Gasteiger partial charge in [-0.25, -0.2) is 4.98 Å². The summed E-state index contributed by atoms with van der Waals surface area (Å²) >= 11 is 0. The second-order valence-corrected chi connectivity index (χ2v) is 4.15. The maximum atomic E-state index is 5.71. The van der Waals surface area contributed by atoms with Gasteiger partial charge in [0.25, 0.3) is 0 Å². The van der Waals surface area contributed by atoms with Crippen LogP contribution in [0.5, 0.6) is 17.4 Å².